The van der Waals surface area contributed by atoms with E-state index in [2.05, 4.69) is 19.2 Å². The van der Waals surface area contributed by atoms with E-state index >= 15 is 0 Å². The molecule has 94 valence electrons. The SMILES string of the molecule is CC(C)CCN[C@@H](Cc1ccccc1)C(N)=O. The predicted octanol–water partition coefficient (Wildman–Crippen LogP) is 1.72. The number of nitrogens with two attached hydrogens (primary N) is 1. The second-order valence-corrected chi connectivity index (χ2v) is 4.78. The van der Waals surface area contributed by atoms with Crippen LogP contribution in [0.3, 0.4) is 0 Å². The van der Waals surface area contributed by atoms with Crippen LogP contribution >= 0.6 is 0 Å². The highest BCUT2D eigenvalue weighted by Crippen LogP contribution is 2.04. The van der Waals surface area contributed by atoms with Gasteiger partial charge < -0.3 is 11.1 Å². The minimum Gasteiger partial charge on any atom is -0.368 e. The molecule has 0 aliphatic carbocycles. The van der Waals surface area contributed by atoms with Crippen LogP contribution < -0.4 is 11.1 Å². The Morgan fingerprint density at radius 2 is 1.94 bits per heavy atom. The van der Waals surface area contributed by atoms with Crippen LogP contribution in [0.15, 0.2) is 30.3 Å². The Labute approximate surface area is 103 Å². The maximum atomic E-state index is 11.3. The Morgan fingerprint density at radius 3 is 2.47 bits per heavy atom. The van der Waals surface area contributed by atoms with Crippen molar-refractivity contribution >= 4 is 5.91 Å². The molecule has 0 aromatic heterocycles. The summed E-state index contributed by atoms with van der Waals surface area (Å²) in [6.45, 7) is 5.16. The largest absolute Gasteiger partial charge is 0.368 e. The van der Waals surface area contributed by atoms with E-state index in [4.69, 9.17) is 5.73 Å². The first kappa shape index (κ1) is 13.7. The second-order valence-electron chi connectivity index (χ2n) is 4.78. The molecule has 0 aliphatic rings. The number of hydrogen-bond donors (Lipinski definition) is 2. The number of hydrogen-bond acceptors (Lipinski definition) is 2. The minimum absolute atomic E-state index is 0.267. The first-order valence-electron chi connectivity index (χ1n) is 6.16. The Kier molecular flexibility index (Phi) is 5.70. The molecule has 0 saturated heterocycles. The highest BCUT2D eigenvalue weighted by Gasteiger charge is 2.14. The molecule has 3 nitrogen and oxygen atoms in total. The van der Waals surface area contributed by atoms with Gasteiger partial charge >= 0.3 is 0 Å². The lowest BCUT2D eigenvalue weighted by Gasteiger charge is -2.16. The van der Waals surface area contributed by atoms with Gasteiger partial charge in [0, 0.05) is 0 Å². The summed E-state index contributed by atoms with van der Waals surface area (Å²) in [6, 6.07) is 9.68. The number of rotatable bonds is 7. The average molecular weight is 234 g/mol. The number of primary amides is 1. The van der Waals surface area contributed by atoms with Crippen LogP contribution in [-0.4, -0.2) is 18.5 Å². The number of carbonyl (C=O) groups excluding carboxylic acids is 1. The molecule has 3 N–H and O–H groups in total. The van der Waals surface area contributed by atoms with Gasteiger partial charge in [0.1, 0.15) is 0 Å². The molecule has 3 heteroatoms. The number of carbonyl (C=O) groups is 1. The van der Waals surface area contributed by atoms with Gasteiger partial charge in [-0.25, -0.2) is 0 Å². The number of nitrogens with one attached hydrogen (secondary N) is 1. The van der Waals surface area contributed by atoms with E-state index < -0.39 is 0 Å². The van der Waals surface area contributed by atoms with Gasteiger partial charge in [-0.1, -0.05) is 44.2 Å². The molecular formula is C14H22N2O. The summed E-state index contributed by atoms with van der Waals surface area (Å²) in [5.74, 6) is 0.352. The molecule has 1 atom stereocenters. The zero-order valence-corrected chi connectivity index (χ0v) is 10.6. The van der Waals surface area contributed by atoms with Crippen LogP contribution in [0.25, 0.3) is 0 Å². The van der Waals surface area contributed by atoms with Crippen molar-refractivity contribution < 1.29 is 4.79 Å². The first-order valence-corrected chi connectivity index (χ1v) is 6.16. The zero-order chi connectivity index (χ0) is 12.7. The summed E-state index contributed by atoms with van der Waals surface area (Å²) in [5.41, 5.74) is 6.53. The van der Waals surface area contributed by atoms with Crippen LogP contribution in [0.1, 0.15) is 25.8 Å². The monoisotopic (exact) mass is 234 g/mol. The standard InChI is InChI=1S/C14H22N2O/c1-11(2)8-9-16-13(14(15)17)10-12-6-4-3-5-7-12/h3-7,11,13,16H,8-10H2,1-2H3,(H2,15,17)/t13-/m0/s1. The van der Waals surface area contributed by atoms with Gasteiger partial charge in [-0.2, -0.15) is 0 Å². The van der Waals surface area contributed by atoms with Crippen molar-refractivity contribution in [1.82, 2.24) is 5.32 Å². The fourth-order valence-corrected chi connectivity index (χ4v) is 1.67. The van der Waals surface area contributed by atoms with Crippen LogP contribution in [0.5, 0.6) is 0 Å². The molecule has 0 saturated carbocycles. The highest BCUT2D eigenvalue weighted by atomic mass is 16.1. The maximum Gasteiger partial charge on any atom is 0.234 e. The smallest absolute Gasteiger partial charge is 0.234 e. The summed E-state index contributed by atoms with van der Waals surface area (Å²) < 4.78 is 0. The van der Waals surface area contributed by atoms with Crippen molar-refractivity contribution in [3.63, 3.8) is 0 Å². The summed E-state index contributed by atoms with van der Waals surface area (Å²) in [5, 5.41) is 3.22. The molecular weight excluding hydrogens is 212 g/mol. The van der Waals surface area contributed by atoms with Gasteiger partial charge in [0.25, 0.3) is 0 Å². The Hall–Kier alpha value is -1.35. The van der Waals surface area contributed by atoms with Crippen LogP contribution in [0.2, 0.25) is 0 Å². The van der Waals surface area contributed by atoms with E-state index in [-0.39, 0.29) is 11.9 Å². The van der Waals surface area contributed by atoms with E-state index in [9.17, 15) is 4.79 Å². The highest BCUT2D eigenvalue weighted by molar-refractivity contribution is 5.80. The molecule has 0 heterocycles. The molecule has 0 bridgehead atoms. The Bertz CT molecular complexity index is 335. The topological polar surface area (TPSA) is 55.1 Å². The molecule has 1 aromatic carbocycles. The molecule has 17 heavy (non-hydrogen) atoms. The van der Waals surface area contributed by atoms with E-state index in [0.717, 1.165) is 18.5 Å². The van der Waals surface area contributed by atoms with Crippen molar-refractivity contribution in [3.8, 4) is 0 Å². The third kappa shape index (κ3) is 5.50. The van der Waals surface area contributed by atoms with Crippen molar-refractivity contribution in [3.05, 3.63) is 35.9 Å². The summed E-state index contributed by atoms with van der Waals surface area (Å²) >= 11 is 0. The quantitative estimate of drug-likeness (QED) is 0.754. The fourth-order valence-electron chi connectivity index (χ4n) is 1.67. The number of amides is 1. The number of benzene rings is 1. The molecule has 0 spiro atoms. The van der Waals surface area contributed by atoms with Gasteiger partial charge in [0.15, 0.2) is 0 Å². The van der Waals surface area contributed by atoms with E-state index in [1.807, 2.05) is 30.3 Å². The molecule has 1 aromatic rings. The lowest BCUT2D eigenvalue weighted by Crippen LogP contribution is -2.43. The third-order valence-corrected chi connectivity index (χ3v) is 2.74. The van der Waals surface area contributed by atoms with Gasteiger partial charge in [-0.3, -0.25) is 4.79 Å². The molecule has 0 fully saturated rings. The van der Waals surface area contributed by atoms with Crippen molar-refractivity contribution in [2.24, 2.45) is 11.7 Å². The van der Waals surface area contributed by atoms with Crippen LogP contribution in [0.4, 0.5) is 0 Å². The molecule has 0 radical (unpaired) electrons. The zero-order valence-electron chi connectivity index (χ0n) is 10.6. The lowest BCUT2D eigenvalue weighted by molar-refractivity contribution is -0.120. The van der Waals surface area contributed by atoms with Crippen LogP contribution in [0, 0.1) is 5.92 Å². The molecule has 0 unspecified atom stereocenters. The maximum absolute atomic E-state index is 11.3. The van der Waals surface area contributed by atoms with Gasteiger partial charge in [0.05, 0.1) is 6.04 Å². The Morgan fingerprint density at radius 1 is 1.29 bits per heavy atom. The van der Waals surface area contributed by atoms with E-state index in [1.165, 1.54) is 0 Å². The second kappa shape index (κ2) is 7.07. The fraction of sp³-hybridized carbons (Fsp3) is 0.500. The normalized spacial score (nSPS) is 12.6. The van der Waals surface area contributed by atoms with E-state index in [1.54, 1.807) is 0 Å². The predicted molar refractivity (Wildman–Crippen MR) is 70.6 cm³/mol. The minimum atomic E-state index is -0.280. The third-order valence-electron chi connectivity index (χ3n) is 2.74. The Balaban J connectivity index is 2.47. The molecule has 0 aliphatic heterocycles. The summed E-state index contributed by atoms with van der Waals surface area (Å²) in [4.78, 5) is 11.3. The van der Waals surface area contributed by atoms with Crippen LogP contribution in [-0.2, 0) is 11.2 Å². The lowest BCUT2D eigenvalue weighted by atomic mass is 10.0. The molecule has 1 rings (SSSR count). The van der Waals surface area contributed by atoms with Gasteiger partial charge in [-0.05, 0) is 30.9 Å². The summed E-state index contributed by atoms with van der Waals surface area (Å²) in [7, 11) is 0. The van der Waals surface area contributed by atoms with Gasteiger partial charge in [-0.15, -0.1) is 0 Å². The van der Waals surface area contributed by atoms with Gasteiger partial charge in [0.2, 0.25) is 5.91 Å². The van der Waals surface area contributed by atoms with Crippen molar-refractivity contribution in [2.75, 3.05) is 6.54 Å². The molecule has 1 amide bonds. The van der Waals surface area contributed by atoms with E-state index in [0.29, 0.717) is 12.3 Å². The van der Waals surface area contributed by atoms with Crippen molar-refractivity contribution in [1.29, 1.82) is 0 Å². The van der Waals surface area contributed by atoms with Crippen molar-refractivity contribution in [2.45, 2.75) is 32.7 Å². The summed E-state index contributed by atoms with van der Waals surface area (Å²) in [6.07, 6.45) is 1.72. The first-order chi connectivity index (χ1) is 8.09. The average Bonchev–Trinajstić information content (AvgIpc) is 2.28.